The molecule has 118 valence electrons. The lowest BCUT2D eigenvalue weighted by Crippen LogP contribution is -2.06. The monoisotopic (exact) mass is 312 g/mol. The largest absolute Gasteiger partial charge is 0.140 e. The molecule has 0 amide bonds. The van der Waals surface area contributed by atoms with Gasteiger partial charge < -0.3 is 0 Å². The molecule has 0 aliphatic heterocycles. The van der Waals surface area contributed by atoms with Gasteiger partial charge in [0.1, 0.15) is 0 Å². The molecule has 0 saturated heterocycles. The summed E-state index contributed by atoms with van der Waals surface area (Å²) in [6, 6.07) is 2.37. The van der Waals surface area contributed by atoms with Crippen LogP contribution in [-0.4, -0.2) is 0 Å². The van der Waals surface area contributed by atoms with Gasteiger partial charge in [-0.15, -0.1) is 11.3 Å². The van der Waals surface area contributed by atoms with Crippen molar-refractivity contribution in [3.8, 4) is 0 Å². The van der Waals surface area contributed by atoms with Crippen LogP contribution in [0.25, 0.3) is 11.6 Å². The summed E-state index contributed by atoms with van der Waals surface area (Å²) in [7, 11) is 0. The van der Waals surface area contributed by atoms with Crippen molar-refractivity contribution in [1.29, 1.82) is 0 Å². The Balaban J connectivity index is 1.61. The molecule has 0 N–H and O–H groups in total. The van der Waals surface area contributed by atoms with Crippen LogP contribution in [0.15, 0.2) is 30.4 Å². The zero-order valence-electron chi connectivity index (χ0n) is 14.4. The molecule has 0 spiro atoms. The van der Waals surface area contributed by atoms with E-state index < -0.39 is 0 Å². The van der Waals surface area contributed by atoms with Crippen LogP contribution in [0.4, 0.5) is 0 Å². The van der Waals surface area contributed by atoms with E-state index in [9.17, 15) is 0 Å². The number of rotatable bonds is 5. The van der Waals surface area contributed by atoms with Gasteiger partial charge in [0.15, 0.2) is 0 Å². The molecule has 0 aromatic carbocycles. The molecule has 2 atom stereocenters. The maximum absolute atomic E-state index is 3.88. The second-order valence-corrected chi connectivity index (χ2v) is 9.15. The molecule has 1 saturated carbocycles. The average Bonchev–Trinajstić information content (AvgIpc) is 2.92. The lowest BCUT2D eigenvalue weighted by atomic mass is 9.89. The highest BCUT2D eigenvalue weighted by atomic mass is 32.1. The van der Waals surface area contributed by atoms with Crippen molar-refractivity contribution in [2.45, 2.75) is 53.4 Å². The van der Waals surface area contributed by atoms with Crippen LogP contribution in [-0.2, 0) is 6.42 Å². The van der Waals surface area contributed by atoms with Crippen molar-refractivity contribution < 1.29 is 0 Å². The van der Waals surface area contributed by atoms with Crippen molar-refractivity contribution in [3.63, 3.8) is 0 Å². The van der Waals surface area contributed by atoms with Gasteiger partial charge in [-0.3, -0.25) is 0 Å². The average molecular weight is 313 g/mol. The van der Waals surface area contributed by atoms with Crippen LogP contribution in [0.1, 0.15) is 62.3 Å². The summed E-state index contributed by atoms with van der Waals surface area (Å²) < 4.78 is 0. The van der Waals surface area contributed by atoms with Crippen LogP contribution < -0.4 is 0 Å². The first-order chi connectivity index (χ1) is 10.4. The lowest BCUT2D eigenvalue weighted by molar-refractivity contribution is 0.372. The second kappa shape index (κ2) is 5.85. The first-order valence-electron chi connectivity index (χ1n) is 8.53. The summed E-state index contributed by atoms with van der Waals surface area (Å²) in [5.74, 6) is 1.45. The Kier molecular flexibility index (Phi) is 4.20. The van der Waals surface area contributed by atoms with E-state index in [4.69, 9.17) is 0 Å². The smallest absolute Gasteiger partial charge is 0.0357 e. The van der Waals surface area contributed by atoms with Crippen molar-refractivity contribution in [1.82, 2.24) is 0 Å². The normalized spacial score (nSPS) is 24.5. The van der Waals surface area contributed by atoms with Crippen LogP contribution >= 0.6 is 11.3 Å². The lowest BCUT2D eigenvalue weighted by Gasteiger charge is -2.17. The van der Waals surface area contributed by atoms with Gasteiger partial charge in [-0.1, -0.05) is 45.1 Å². The van der Waals surface area contributed by atoms with Gasteiger partial charge in [0.05, 0.1) is 0 Å². The minimum absolute atomic E-state index is 0.549. The number of fused-ring (bicyclic) bond motifs is 1. The van der Waals surface area contributed by atoms with Crippen LogP contribution in [0.2, 0.25) is 0 Å². The quantitative estimate of drug-likeness (QED) is 0.528. The first-order valence-corrected chi connectivity index (χ1v) is 9.35. The summed E-state index contributed by atoms with van der Waals surface area (Å²) in [5.41, 5.74) is 4.86. The molecule has 0 bridgehead atoms. The van der Waals surface area contributed by atoms with Crippen LogP contribution in [0.5, 0.6) is 0 Å². The highest BCUT2D eigenvalue weighted by Gasteiger charge is 2.29. The van der Waals surface area contributed by atoms with E-state index in [1.54, 1.807) is 5.57 Å². The third-order valence-electron chi connectivity index (χ3n) is 5.42. The van der Waals surface area contributed by atoms with E-state index in [2.05, 4.69) is 52.5 Å². The molecule has 1 fully saturated rings. The van der Waals surface area contributed by atoms with Gasteiger partial charge in [0.2, 0.25) is 0 Å². The van der Waals surface area contributed by atoms with Crippen molar-refractivity contribution in [2.24, 2.45) is 17.3 Å². The summed E-state index contributed by atoms with van der Waals surface area (Å²) in [6.07, 6.45) is 12.1. The zero-order chi connectivity index (χ0) is 15.9. The maximum atomic E-state index is 3.88. The summed E-state index contributed by atoms with van der Waals surface area (Å²) >= 11 is 1.96. The fourth-order valence-electron chi connectivity index (χ4n) is 3.83. The number of thiophene rings is 1. The Morgan fingerprint density at radius 1 is 1.50 bits per heavy atom. The molecular weight excluding hydrogens is 284 g/mol. The predicted octanol–water partition coefficient (Wildman–Crippen LogP) is 6.74. The van der Waals surface area contributed by atoms with Gasteiger partial charge >= 0.3 is 0 Å². The topological polar surface area (TPSA) is 0 Å². The Morgan fingerprint density at radius 3 is 2.91 bits per heavy atom. The molecule has 3 rings (SSSR count). The Bertz CT molecular complexity index is 639. The molecule has 1 heterocycles. The van der Waals surface area contributed by atoms with E-state index in [1.807, 2.05) is 17.4 Å². The summed E-state index contributed by atoms with van der Waals surface area (Å²) in [6.45, 7) is 13.4. The summed E-state index contributed by atoms with van der Waals surface area (Å²) in [4.78, 5) is 2.96. The highest BCUT2D eigenvalue weighted by molar-refractivity contribution is 7.13. The van der Waals surface area contributed by atoms with E-state index >= 15 is 0 Å². The summed E-state index contributed by atoms with van der Waals surface area (Å²) in [5, 5.41) is 0. The SMILES string of the molecule is C=CC1=Cc2sc(CC(C)/C(C)=C/C3CCC(C)(C)C3)cc21. The third-order valence-corrected chi connectivity index (χ3v) is 6.52. The molecule has 0 nitrogen and oxygen atoms in total. The first kappa shape index (κ1) is 15.8. The molecule has 2 aliphatic rings. The number of allylic oxidation sites excluding steroid dienone is 4. The van der Waals surface area contributed by atoms with E-state index in [0.717, 1.165) is 5.92 Å². The van der Waals surface area contributed by atoms with E-state index in [-0.39, 0.29) is 0 Å². The fraction of sp³-hybridized carbons (Fsp3) is 0.524. The van der Waals surface area contributed by atoms with E-state index in [0.29, 0.717) is 11.3 Å². The molecule has 1 aromatic rings. The molecule has 0 radical (unpaired) electrons. The Labute approximate surface area is 139 Å². The molecule has 1 heteroatoms. The molecular formula is C21H28S. The zero-order valence-corrected chi connectivity index (χ0v) is 15.2. The van der Waals surface area contributed by atoms with Gasteiger partial charge in [-0.2, -0.15) is 0 Å². The number of hydrogen-bond donors (Lipinski definition) is 0. The maximum Gasteiger partial charge on any atom is 0.0357 e. The molecule has 1 aromatic heterocycles. The molecule has 2 aliphatic carbocycles. The van der Waals surface area contributed by atoms with Gasteiger partial charge in [-0.25, -0.2) is 0 Å². The standard InChI is InChI=1S/C21H28S/c1-6-17-11-20-19(17)12-18(22-20)10-15(3)14(2)9-16-7-8-21(4,5)13-16/h6,9,11-12,15-16H,1,7-8,10,13H2,2-5H3/b14-9+. The van der Waals surface area contributed by atoms with Crippen molar-refractivity contribution in [2.75, 3.05) is 0 Å². The molecule has 22 heavy (non-hydrogen) atoms. The van der Waals surface area contributed by atoms with E-state index in [1.165, 1.54) is 46.6 Å². The Hall–Kier alpha value is -1.08. The minimum Gasteiger partial charge on any atom is -0.140 e. The number of hydrogen-bond acceptors (Lipinski definition) is 1. The minimum atomic E-state index is 0.549. The molecule has 2 unspecified atom stereocenters. The van der Waals surface area contributed by atoms with Gasteiger partial charge in [0.25, 0.3) is 0 Å². The van der Waals surface area contributed by atoms with Crippen LogP contribution in [0, 0.1) is 17.3 Å². The Morgan fingerprint density at radius 2 is 2.27 bits per heavy atom. The predicted molar refractivity (Wildman–Crippen MR) is 100 cm³/mol. The van der Waals surface area contributed by atoms with Crippen LogP contribution in [0.3, 0.4) is 0 Å². The second-order valence-electron chi connectivity index (χ2n) is 7.98. The van der Waals surface area contributed by atoms with Crippen molar-refractivity contribution in [3.05, 3.63) is 45.7 Å². The van der Waals surface area contributed by atoms with Crippen molar-refractivity contribution >= 4 is 23.0 Å². The highest BCUT2D eigenvalue weighted by Crippen LogP contribution is 2.43. The van der Waals surface area contributed by atoms with Gasteiger partial charge in [0, 0.05) is 15.3 Å². The third kappa shape index (κ3) is 3.15. The van der Waals surface area contributed by atoms with Gasteiger partial charge in [-0.05, 0) is 67.6 Å². The fourth-order valence-corrected chi connectivity index (χ4v) is 5.10.